The fourth-order valence-electron chi connectivity index (χ4n) is 1.86. The number of nitrogens with zero attached hydrogens (tertiary/aromatic N) is 1. The van der Waals surface area contributed by atoms with E-state index in [9.17, 15) is 0 Å². The van der Waals surface area contributed by atoms with E-state index in [1.165, 1.54) is 10.3 Å². The molecular formula is C15H12MoNS-. The first-order valence-electron chi connectivity index (χ1n) is 5.56. The monoisotopic (exact) mass is 336 g/mol. The standard InChI is InChI=1S/C15H12NS.Mo/c1-11-7-8-13-14(9-11)17-15(16-13)10-12-5-3-2-4-6-12;/h2-9H,1,10H2;/q-1;. The van der Waals surface area contributed by atoms with Crippen LogP contribution < -0.4 is 0 Å². The van der Waals surface area contributed by atoms with Gasteiger partial charge in [0, 0.05) is 27.5 Å². The van der Waals surface area contributed by atoms with Crippen molar-refractivity contribution in [3.8, 4) is 0 Å². The molecule has 0 saturated carbocycles. The third-order valence-corrected chi connectivity index (χ3v) is 3.71. The molecule has 0 aliphatic carbocycles. The zero-order valence-electron chi connectivity index (χ0n) is 9.80. The molecule has 1 nitrogen and oxygen atoms in total. The molecule has 0 unspecified atom stereocenters. The van der Waals surface area contributed by atoms with E-state index < -0.39 is 0 Å². The summed E-state index contributed by atoms with van der Waals surface area (Å²) in [5, 5.41) is 1.16. The van der Waals surface area contributed by atoms with Crippen LogP contribution in [0.4, 0.5) is 0 Å². The molecule has 3 aromatic rings. The molecule has 0 radical (unpaired) electrons. The van der Waals surface area contributed by atoms with Crippen LogP contribution in [-0.4, -0.2) is 4.98 Å². The Morgan fingerprint density at radius 1 is 1.06 bits per heavy atom. The Balaban J connectivity index is 0.00000120. The predicted octanol–water partition coefficient (Wildman–Crippen LogP) is 4.07. The van der Waals surface area contributed by atoms with Crippen LogP contribution in [0.5, 0.6) is 0 Å². The molecular weight excluding hydrogens is 322 g/mol. The first kappa shape index (κ1) is 13.3. The molecule has 0 amide bonds. The smallest absolute Gasteiger partial charge is 0.0971 e. The van der Waals surface area contributed by atoms with Crippen molar-refractivity contribution in [3.05, 3.63) is 71.6 Å². The van der Waals surface area contributed by atoms with Crippen LogP contribution in [0.1, 0.15) is 16.1 Å². The number of rotatable bonds is 2. The fraction of sp³-hybridized carbons (Fsp3) is 0.0667. The van der Waals surface area contributed by atoms with Gasteiger partial charge in [-0.25, -0.2) is 4.98 Å². The van der Waals surface area contributed by atoms with Crippen molar-refractivity contribution in [1.82, 2.24) is 4.98 Å². The molecule has 2 aromatic carbocycles. The topological polar surface area (TPSA) is 12.9 Å². The van der Waals surface area contributed by atoms with Gasteiger partial charge in [0.25, 0.3) is 0 Å². The second kappa shape index (κ2) is 5.69. The van der Waals surface area contributed by atoms with Gasteiger partial charge >= 0.3 is 0 Å². The SMILES string of the molecule is [CH2-]c1ccc2nc(Cc3ccccc3)sc2c1.[Mo]. The van der Waals surface area contributed by atoms with Gasteiger partial charge in [-0.05, 0) is 10.3 Å². The van der Waals surface area contributed by atoms with Crippen LogP contribution in [0.2, 0.25) is 0 Å². The third-order valence-electron chi connectivity index (χ3n) is 2.70. The summed E-state index contributed by atoms with van der Waals surface area (Å²) < 4.78 is 1.23. The summed E-state index contributed by atoms with van der Waals surface area (Å²) in [6.07, 6.45) is 0.909. The summed E-state index contributed by atoms with van der Waals surface area (Å²) in [5.41, 5.74) is 3.43. The molecule has 1 aromatic heterocycles. The number of fused-ring (bicyclic) bond motifs is 1. The summed E-state index contributed by atoms with van der Waals surface area (Å²) in [7, 11) is 0. The molecule has 3 rings (SSSR count). The molecule has 0 fully saturated rings. The largest absolute Gasteiger partial charge is 0.243 e. The summed E-state index contributed by atoms with van der Waals surface area (Å²) in [4.78, 5) is 4.64. The Labute approximate surface area is 125 Å². The molecule has 0 spiro atoms. The van der Waals surface area contributed by atoms with Crippen molar-refractivity contribution in [2.24, 2.45) is 0 Å². The average molecular weight is 334 g/mol. The molecule has 90 valence electrons. The number of thiazole rings is 1. The Bertz CT molecular complexity index is 646. The minimum absolute atomic E-state index is 0. The molecule has 0 aliphatic rings. The summed E-state index contributed by atoms with van der Waals surface area (Å²) in [6, 6.07) is 16.6. The average Bonchev–Trinajstić information content (AvgIpc) is 2.71. The molecule has 0 aliphatic heterocycles. The maximum absolute atomic E-state index is 4.64. The second-order valence-corrected chi connectivity index (χ2v) is 5.19. The molecule has 1 heterocycles. The van der Waals surface area contributed by atoms with Crippen LogP contribution >= 0.6 is 11.3 Å². The molecule has 18 heavy (non-hydrogen) atoms. The van der Waals surface area contributed by atoms with E-state index in [0.717, 1.165) is 22.5 Å². The number of benzene rings is 2. The van der Waals surface area contributed by atoms with Crippen molar-refractivity contribution >= 4 is 21.6 Å². The maximum Gasteiger partial charge on any atom is 0.0971 e. The van der Waals surface area contributed by atoms with E-state index in [1.54, 1.807) is 11.3 Å². The van der Waals surface area contributed by atoms with Crippen LogP contribution in [0.15, 0.2) is 48.5 Å². The molecule has 3 heteroatoms. The van der Waals surface area contributed by atoms with Crippen molar-refractivity contribution in [2.45, 2.75) is 6.42 Å². The number of hydrogen-bond donors (Lipinski definition) is 0. The summed E-state index contributed by atoms with van der Waals surface area (Å²) in [5.74, 6) is 0. The van der Waals surface area contributed by atoms with Gasteiger partial charge in [0.05, 0.1) is 10.5 Å². The Hall–Kier alpha value is -1.11. The quantitative estimate of drug-likeness (QED) is 0.509. The summed E-state index contributed by atoms with van der Waals surface area (Å²) >= 11 is 1.76. The van der Waals surface area contributed by atoms with Gasteiger partial charge in [0.2, 0.25) is 0 Å². The van der Waals surface area contributed by atoms with Gasteiger partial charge in [-0.2, -0.15) is 18.6 Å². The van der Waals surface area contributed by atoms with Crippen LogP contribution in [-0.2, 0) is 27.5 Å². The zero-order valence-corrected chi connectivity index (χ0v) is 12.6. The molecule has 0 atom stereocenters. The predicted molar refractivity (Wildman–Crippen MR) is 73.3 cm³/mol. The van der Waals surface area contributed by atoms with E-state index in [2.05, 4.69) is 42.2 Å². The van der Waals surface area contributed by atoms with E-state index in [4.69, 9.17) is 0 Å². The van der Waals surface area contributed by atoms with Crippen molar-refractivity contribution < 1.29 is 21.1 Å². The van der Waals surface area contributed by atoms with Gasteiger partial charge in [-0.3, -0.25) is 0 Å². The van der Waals surface area contributed by atoms with Crippen LogP contribution in [0.3, 0.4) is 0 Å². The van der Waals surface area contributed by atoms with Gasteiger partial charge < -0.3 is 0 Å². The van der Waals surface area contributed by atoms with Crippen LogP contribution in [0.25, 0.3) is 10.2 Å². The minimum Gasteiger partial charge on any atom is -0.243 e. The van der Waals surface area contributed by atoms with Gasteiger partial charge in [-0.1, -0.05) is 36.4 Å². The van der Waals surface area contributed by atoms with Gasteiger partial charge in [0.15, 0.2) is 0 Å². The zero-order chi connectivity index (χ0) is 11.7. The number of hydrogen-bond acceptors (Lipinski definition) is 2. The van der Waals surface area contributed by atoms with Crippen molar-refractivity contribution in [2.75, 3.05) is 0 Å². The van der Waals surface area contributed by atoms with Gasteiger partial charge in [-0.15, -0.1) is 17.4 Å². The van der Waals surface area contributed by atoms with Crippen molar-refractivity contribution in [1.29, 1.82) is 0 Å². The molecule has 0 bridgehead atoms. The van der Waals surface area contributed by atoms with Gasteiger partial charge in [0.1, 0.15) is 0 Å². The van der Waals surface area contributed by atoms with E-state index in [0.29, 0.717) is 0 Å². The Morgan fingerprint density at radius 3 is 2.61 bits per heavy atom. The molecule has 0 saturated heterocycles. The Morgan fingerprint density at radius 2 is 1.83 bits per heavy atom. The van der Waals surface area contributed by atoms with E-state index in [1.807, 2.05) is 18.2 Å². The molecule has 0 N–H and O–H groups in total. The normalized spacial score (nSPS) is 10.2. The maximum atomic E-state index is 4.64. The van der Waals surface area contributed by atoms with Crippen LogP contribution in [0, 0.1) is 6.92 Å². The first-order valence-corrected chi connectivity index (χ1v) is 6.38. The second-order valence-electron chi connectivity index (χ2n) is 4.07. The Kier molecular flexibility index (Phi) is 4.21. The van der Waals surface area contributed by atoms with E-state index in [-0.39, 0.29) is 21.1 Å². The first-order chi connectivity index (χ1) is 8.31. The van der Waals surface area contributed by atoms with Crippen molar-refractivity contribution in [3.63, 3.8) is 0 Å². The third kappa shape index (κ3) is 2.82. The fourth-order valence-corrected chi connectivity index (χ4v) is 2.93. The van der Waals surface area contributed by atoms with E-state index >= 15 is 0 Å². The summed E-state index contributed by atoms with van der Waals surface area (Å²) in [6.45, 7) is 3.94. The minimum atomic E-state index is 0. The number of aromatic nitrogens is 1.